The summed E-state index contributed by atoms with van der Waals surface area (Å²) < 4.78 is 42.8. The molecule has 0 radical (unpaired) electrons. The van der Waals surface area contributed by atoms with E-state index in [1.54, 1.807) is 13.2 Å². The van der Waals surface area contributed by atoms with E-state index >= 15 is 0 Å². The van der Waals surface area contributed by atoms with Crippen molar-refractivity contribution in [3.05, 3.63) is 47.7 Å². The van der Waals surface area contributed by atoms with Crippen molar-refractivity contribution in [3.63, 3.8) is 0 Å². The second kappa shape index (κ2) is 21.9. The Morgan fingerprint density at radius 3 is 2.51 bits per heavy atom. The fourth-order valence-electron chi connectivity index (χ4n) is 5.72. The summed E-state index contributed by atoms with van der Waals surface area (Å²) in [6, 6.07) is 3.88. The number of anilines is 2. The first-order valence-corrected chi connectivity index (χ1v) is 20.0. The molecule has 1 fully saturated rings. The highest BCUT2D eigenvalue weighted by Gasteiger charge is 2.33. The Kier molecular flexibility index (Phi) is 18.5. The number of nitrogens with zero attached hydrogens (tertiary/aromatic N) is 2. The topological polar surface area (TPSA) is 202 Å². The highest BCUT2D eigenvalue weighted by molar-refractivity contribution is 7.61. The summed E-state index contributed by atoms with van der Waals surface area (Å²) in [4.78, 5) is 50.6. The predicted molar refractivity (Wildman–Crippen MR) is 204 cm³/mol. The number of carbonyl (C=O) groups is 3. The van der Waals surface area contributed by atoms with Crippen LogP contribution in [0.25, 0.3) is 5.57 Å². The number of allylic oxidation sites excluding steroid dienone is 1. The summed E-state index contributed by atoms with van der Waals surface area (Å²) in [7, 11) is 0.986. The zero-order valence-electron chi connectivity index (χ0n) is 31.4. The molecule has 20 heteroatoms. The molecule has 17 nitrogen and oxygen atoms in total. The van der Waals surface area contributed by atoms with E-state index in [1.807, 2.05) is 12.1 Å². The van der Waals surface area contributed by atoms with Crippen LogP contribution in [0, 0.1) is 0 Å². The minimum absolute atomic E-state index is 0.0725. The Morgan fingerprint density at radius 1 is 1.13 bits per heavy atom. The fraction of sp³-hybridized carbons (Fsp3) is 0.545. The molecule has 4 unspecified atom stereocenters. The Morgan fingerprint density at radius 2 is 1.87 bits per heavy atom. The number of hydrogen-bond acceptors (Lipinski definition) is 14. The number of amides is 3. The first-order valence-electron chi connectivity index (χ1n) is 16.7. The number of likely N-dealkylation sites (N-methyl/N-ethyl adjacent to an activating group) is 1. The number of nitrogen functional groups attached to an aromatic ring is 1. The number of fused-ring (bicyclic) bond motifs is 1. The molecule has 5 atom stereocenters. The minimum Gasteiger partial charge on any atom is -0.495 e. The van der Waals surface area contributed by atoms with Crippen molar-refractivity contribution in [2.24, 2.45) is 0 Å². The van der Waals surface area contributed by atoms with Gasteiger partial charge in [0.05, 0.1) is 36.6 Å². The number of carbonyl (C=O) groups excluding carboxylic acids is 3. The number of rotatable bonds is 22. The summed E-state index contributed by atoms with van der Waals surface area (Å²) in [5, 5.41) is 5.43. The van der Waals surface area contributed by atoms with Gasteiger partial charge in [-0.15, -0.1) is 0 Å². The quantitative estimate of drug-likeness (QED) is 0.0402. The third-order valence-electron chi connectivity index (χ3n) is 8.24. The third-order valence-corrected chi connectivity index (χ3v) is 11.7. The van der Waals surface area contributed by atoms with Gasteiger partial charge >= 0.3 is 25.8 Å². The molecule has 1 aromatic carbocycles. The smallest absolute Gasteiger partial charge is 0.346 e. The normalized spacial score (nSPS) is 20.0. The van der Waals surface area contributed by atoms with E-state index in [4.69, 9.17) is 41.9 Å². The number of methoxy groups -OCH3 is 1. The Balaban J connectivity index is 1.52. The van der Waals surface area contributed by atoms with Gasteiger partial charge in [0.2, 0.25) is 12.3 Å². The van der Waals surface area contributed by atoms with Gasteiger partial charge in [-0.05, 0) is 51.7 Å². The van der Waals surface area contributed by atoms with Gasteiger partial charge in [-0.1, -0.05) is 18.2 Å². The molecule has 0 aromatic heterocycles. The Hall–Kier alpha value is -2.78. The lowest BCUT2D eigenvalue weighted by molar-refractivity contribution is -0.127. The molecule has 5 N–H and O–H groups in total. The summed E-state index contributed by atoms with van der Waals surface area (Å²) in [6.07, 6.45) is 8.21. The maximum atomic E-state index is 12.8. The molecule has 3 amide bonds. The molecular weight excluding hydrogens is 751 g/mol. The van der Waals surface area contributed by atoms with E-state index in [-0.39, 0.29) is 30.2 Å². The SMILES string of the molecule is CNC(=O)C(=C\N(C=O)[C@H]1CCC(COP(OC)OP(OC)OP(O)OC)O1)/C=C/CNC(=O)CCCN1c2cc(OC)c(N)cc2C(C)=CC1(C)C. The molecule has 0 bridgehead atoms. The van der Waals surface area contributed by atoms with E-state index in [9.17, 15) is 19.3 Å². The van der Waals surface area contributed by atoms with E-state index in [0.717, 1.165) is 16.8 Å². The molecule has 296 valence electrons. The number of hydrogen-bond donors (Lipinski definition) is 4. The molecule has 2 heterocycles. The number of ether oxygens (including phenoxy) is 2. The van der Waals surface area contributed by atoms with Crippen LogP contribution < -0.4 is 26.0 Å². The molecule has 2 aliphatic heterocycles. The molecule has 3 rings (SSSR count). The summed E-state index contributed by atoms with van der Waals surface area (Å²) in [5.74, 6) is 0.0412. The van der Waals surface area contributed by atoms with Crippen LogP contribution in [0.4, 0.5) is 11.4 Å². The van der Waals surface area contributed by atoms with Crippen LogP contribution in [-0.4, -0.2) is 101 Å². The third kappa shape index (κ3) is 13.2. The molecule has 2 aliphatic rings. The molecule has 1 aromatic rings. The summed E-state index contributed by atoms with van der Waals surface area (Å²) in [6.45, 7) is 7.21. The largest absolute Gasteiger partial charge is 0.495 e. The van der Waals surface area contributed by atoms with Crippen molar-refractivity contribution in [1.82, 2.24) is 15.5 Å². The maximum absolute atomic E-state index is 12.8. The zero-order chi connectivity index (χ0) is 39.1. The zero-order valence-corrected chi connectivity index (χ0v) is 34.1. The molecule has 1 saturated heterocycles. The average molecular weight is 804 g/mol. The average Bonchev–Trinajstić information content (AvgIpc) is 3.61. The number of nitrogens with one attached hydrogen (secondary N) is 2. The van der Waals surface area contributed by atoms with E-state index in [1.165, 1.54) is 45.6 Å². The summed E-state index contributed by atoms with van der Waals surface area (Å²) in [5.41, 5.74) is 9.84. The molecule has 0 saturated carbocycles. The molecular formula is C33H52N5O12P3. The van der Waals surface area contributed by atoms with Crippen molar-refractivity contribution < 1.29 is 55.5 Å². The van der Waals surface area contributed by atoms with Crippen molar-refractivity contribution in [1.29, 1.82) is 0 Å². The predicted octanol–water partition coefficient (Wildman–Crippen LogP) is 4.99. The second-order valence-corrected chi connectivity index (χ2v) is 16.3. The van der Waals surface area contributed by atoms with Crippen LogP contribution >= 0.6 is 25.8 Å². The molecule has 0 aliphatic carbocycles. The monoisotopic (exact) mass is 803 g/mol. The van der Waals surface area contributed by atoms with Crippen LogP contribution in [0.3, 0.4) is 0 Å². The standard InChI is InChI=1S/C33H52N5O12P3/c1-23-19-33(2,3)38(28-18-29(43-5)27(34)17-26(23)28)16-10-12-30(40)36-15-9-11-24(32(41)35-4)20-37(22-39)31-14-13-25(48-31)21-47-52(45-7)50-53(46-8)49-51(42)44-6/h9,11,17-20,22,25,31,42H,10,12-16,21,34H2,1-8H3,(H,35,41)(H,36,40)/b11-9+,24-20-/t25?,31-,51?,52?,53?/m1/s1. The minimum atomic E-state index is -2.18. The Bertz CT molecular complexity index is 1480. The van der Waals surface area contributed by atoms with Gasteiger partial charge in [-0.3, -0.25) is 19.3 Å². The summed E-state index contributed by atoms with van der Waals surface area (Å²) >= 11 is 0. The lowest BCUT2D eigenvalue weighted by atomic mass is 9.88. The van der Waals surface area contributed by atoms with Crippen LogP contribution in [0.5, 0.6) is 5.75 Å². The van der Waals surface area contributed by atoms with E-state index in [0.29, 0.717) is 50.1 Å². The van der Waals surface area contributed by atoms with Crippen LogP contribution in [-0.2, 0) is 45.8 Å². The highest BCUT2D eigenvalue weighted by atomic mass is 31.3. The molecule has 53 heavy (non-hydrogen) atoms. The fourth-order valence-corrected chi connectivity index (χ4v) is 8.65. The van der Waals surface area contributed by atoms with Gasteiger partial charge in [0, 0.05) is 71.4 Å². The lowest BCUT2D eigenvalue weighted by Crippen LogP contribution is -2.45. The van der Waals surface area contributed by atoms with Crippen LogP contribution in [0.15, 0.2) is 42.1 Å². The second-order valence-electron chi connectivity index (χ2n) is 12.3. The van der Waals surface area contributed by atoms with Crippen molar-refractivity contribution in [3.8, 4) is 5.75 Å². The van der Waals surface area contributed by atoms with Crippen molar-refractivity contribution in [2.75, 3.05) is 65.8 Å². The van der Waals surface area contributed by atoms with E-state index in [2.05, 4.69) is 42.4 Å². The van der Waals surface area contributed by atoms with Crippen molar-refractivity contribution >= 4 is 61.0 Å². The van der Waals surface area contributed by atoms with E-state index < -0.39 is 44.0 Å². The van der Waals surface area contributed by atoms with Crippen molar-refractivity contribution in [2.45, 2.75) is 64.3 Å². The lowest BCUT2D eigenvalue weighted by Gasteiger charge is -2.43. The maximum Gasteiger partial charge on any atom is 0.346 e. The number of benzene rings is 1. The molecule has 0 spiro atoms. The van der Waals surface area contributed by atoms with Gasteiger partial charge in [0.1, 0.15) is 12.0 Å². The first-order chi connectivity index (χ1) is 25.3. The van der Waals surface area contributed by atoms with Gasteiger partial charge in [-0.2, -0.15) is 0 Å². The Labute approximate surface area is 315 Å². The first kappa shape index (κ1) is 44.6. The van der Waals surface area contributed by atoms with Gasteiger partial charge in [-0.25, -0.2) is 8.62 Å². The highest BCUT2D eigenvalue weighted by Crippen LogP contribution is 2.60. The van der Waals surface area contributed by atoms with Crippen LogP contribution in [0.2, 0.25) is 0 Å². The van der Waals surface area contributed by atoms with Gasteiger partial charge < -0.3 is 53.7 Å². The number of nitrogens with two attached hydrogens (primary N) is 1. The van der Waals surface area contributed by atoms with Gasteiger partial charge in [0.15, 0.2) is 0 Å². The van der Waals surface area contributed by atoms with Gasteiger partial charge in [0.25, 0.3) is 5.91 Å². The van der Waals surface area contributed by atoms with Crippen LogP contribution in [0.1, 0.15) is 52.0 Å².